The molecule has 0 bridgehead atoms. The van der Waals surface area contributed by atoms with Gasteiger partial charge in [-0.2, -0.15) is 0 Å². The van der Waals surface area contributed by atoms with E-state index in [2.05, 4.69) is 34.7 Å². The first kappa shape index (κ1) is 14.2. The number of imidazole rings is 1. The lowest BCUT2D eigenvalue weighted by Crippen LogP contribution is -2.40. The highest BCUT2D eigenvalue weighted by Crippen LogP contribution is 2.39. The summed E-state index contributed by atoms with van der Waals surface area (Å²) in [6, 6.07) is 0. The topological polar surface area (TPSA) is 20.5 Å². The van der Waals surface area contributed by atoms with Crippen molar-refractivity contribution in [2.45, 2.75) is 45.4 Å². The summed E-state index contributed by atoms with van der Waals surface area (Å²) in [5.74, 6) is 1.63. The molecule has 0 amide bonds. The van der Waals surface area contributed by atoms with E-state index in [1.807, 2.05) is 0 Å². The van der Waals surface area contributed by atoms with Crippen LogP contribution < -0.4 is 4.90 Å². The second kappa shape index (κ2) is 5.57. The van der Waals surface area contributed by atoms with Gasteiger partial charge >= 0.3 is 0 Å². The zero-order valence-corrected chi connectivity index (χ0v) is 13.8. The summed E-state index contributed by atoms with van der Waals surface area (Å²) in [6.45, 7) is 6.87. The van der Waals surface area contributed by atoms with Crippen LogP contribution in [0.1, 0.15) is 45.2 Å². The molecule has 1 aliphatic heterocycles. The Morgan fingerprint density at radius 2 is 2.00 bits per heavy atom. The SMILES string of the molecule is CCC1(CC)CCN(c2nc3sccn3c2CCl)CC1. The summed E-state index contributed by atoms with van der Waals surface area (Å²) in [6.07, 6.45) is 7.19. The summed E-state index contributed by atoms with van der Waals surface area (Å²) >= 11 is 7.83. The van der Waals surface area contributed by atoms with Crippen LogP contribution in [0.5, 0.6) is 0 Å². The van der Waals surface area contributed by atoms with Gasteiger partial charge in [-0.25, -0.2) is 4.98 Å². The summed E-state index contributed by atoms with van der Waals surface area (Å²) in [7, 11) is 0. The molecule has 0 unspecified atom stereocenters. The third-order valence-electron chi connectivity index (χ3n) is 5.09. The number of rotatable bonds is 4. The third-order valence-corrected chi connectivity index (χ3v) is 6.10. The number of hydrogen-bond acceptors (Lipinski definition) is 3. The van der Waals surface area contributed by atoms with Crippen molar-refractivity contribution in [3.63, 3.8) is 0 Å². The molecule has 20 heavy (non-hydrogen) atoms. The van der Waals surface area contributed by atoms with Crippen molar-refractivity contribution in [2.24, 2.45) is 5.41 Å². The Kier molecular flexibility index (Phi) is 3.95. The van der Waals surface area contributed by atoms with E-state index in [0.29, 0.717) is 11.3 Å². The van der Waals surface area contributed by atoms with Crippen LogP contribution in [-0.4, -0.2) is 22.5 Å². The molecule has 1 fully saturated rings. The number of fused-ring (bicyclic) bond motifs is 1. The Morgan fingerprint density at radius 1 is 1.30 bits per heavy atom. The van der Waals surface area contributed by atoms with Crippen molar-refractivity contribution in [2.75, 3.05) is 18.0 Å². The molecule has 110 valence electrons. The molecule has 0 radical (unpaired) electrons. The molecule has 0 aliphatic carbocycles. The first-order chi connectivity index (χ1) is 9.73. The molecule has 2 aromatic rings. The monoisotopic (exact) mass is 311 g/mol. The maximum absolute atomic E-state index is 6.16. The van der Waals surface area contributed by atoms with E-state index >= 15 is 0 Å². The van der Waals surface area contributed by atoms with Gasteiger partial charge in [0.1, 0.15) is 0 Å². The highest BCUT2D eigenvalue weighted by atomic mass is 35.5. The average Bonchev–Trinajstić information content (AvgIpc) is 3.07. The van der Waals surface area contributed by atoms with Crippen LogP contribution in [0.2, 0.25) is 0 Å². The largest absolute Gasteiger partial charge is 0.355 e. The van der Waals surface area contributed by atoms with Crippen molar-refractivity contribution in [1.29, 1.82) is 0 Å². The summed E-state index contributed by atoms with van der Waals surface area (Å²) in [5.41, 5.74) is 1.69. The van der Waals surface area contributed by atoms with Crippen LogP contribution >= 0.6 is 22.9 Å². The van der Waals surface area contributed by atoms with E-state index in [0.717, 1.165) is 29.6 Å². The zero-order valence-electron chi connectivity index (χ0n) is 12.2. The number of halogens is 1. The van der Waals surface area contributed by atoms with Crippen LogP contribution in [0.25, 0.3) is 4.96 Å². The van der Waals surface area contributed by atoms with Crippen LogP contribution in [0.3, 0.4) is 0 Å². The van der Waals surface area contributed by atoms with Gasteiger partial charge in [0.25, 0.3) is 0 Å². The molecule has 5 heteroatoms. The molecular weight excluding hydrogens is 290 g/mol. The number of thiazole rings is 1. The predicted octanol–water partition coefficient (Wildman–Crippen LogP) is 4.54. The lowest BCUT2D eigenvalue weighted by molar-refractivity contribution is 0.199. The second-order valence-corrected chi connectivity index (χ2v) is 6.91. The molecule has 0 N–H and O–H groups in total. The molecule has 3 heterocycles. The van der Waals surface area contributed by atoms with E-state index in [1.54, 1.807) is 11.3 Å². The molecule has 0 spiro atoms. The van der Waals surface area contributed by atoms with Crippen LogP contribution in [0.15, 0.2) is 11.6 Å². The van der Waals surface area contributed by atoms with Crippen molar-refractivity contribution >= 4 is 33.7 Å². The van der Waals surface area contributed by atoms with Gasteiger partial charge < -0.3 is 4.90 Å². The lowest BCUT2D eigenvalue weighted by atomic mass is 9.74. The van der Waals surface area contributed by atoms with E-state index < -0.39 is 0 Å². The summed E-state index contributed by atoms with van der Waals surface area (Å²) < 4.78 is 2.13. The minimum atomic E-state index is 0.524. The Hall–Kier alpha value is -0.740. The van der Waals surface area contributed by atoms with Gasteiger partial charge in [-0.05, 0) is 18.3 Å². The maximum atomic E-state index is 6.16. The van der Waals surface area contributed by atoms with Gasteiger partial charge in [0, 0.05) is 24.7 Å². The first-order valence-corrected chi connectivity index (χ1v) is 8.90. The molecule has 3 rings (SSSR count). The van der Waals surface area contributed by atoms with Crippen LogP contribution in [0.4, 0.5) is 5.82 Å². The molecule has 0 atom stereocenters. The number of anilines is 1. The lowest BCUT2D eigenvalue weighted by Gasteiger charge is -2.41. The van der Waals surface area contributed by atoms with Crippen molar-refractivity contribution < 1.29 is 0 Å². The molecule has 1 saturated heterocycles. The number of aromatic nitrogens is 2. The Bertz CT molecular complexity index is 575. The van der Waals surface area contributed by atoms with Crippen LogP contribution in [0, 0.1) is 5.41 Å². The number of hydrogen-bond donors (Lipinski definition) is 0. The fourth-order valence-electron chi connectivity index (χ4n) is 3.35. The normalized spacial score (nSPS) is 18.9. The van der Waals surface area contributed by atoms with Crippen molar-refractivity contribution in [1.82, 2.24) is 9.38 Å². The minimum Gasteiger partial charge on any atom is -0.355 e. The second-order valence-electron chi connectivity index (χ2n) is 5.77. The van der Waals surface area contributed by atoms with Gasteiger partial charge in [-0.3, -0.25) is 4.40 Å². The summed E-state index contributed by atoms with van der Waals surface area (Å²) in [4.78, 5) is 8.28. The summed E-state index contributed by atoms with van der Waals surface area (Å²) in [5, 5.41) is 2.07. The molecule has 2 aromatic heterocycles. The fraction of sp³-hybridized carbons (Fsp3) is 0.667. The maximum Gasteiger partial charge on any atom is 0.195 e. The van der Waals surface area contributed by atoms with Crippen molar-refractivity contribution in [3.8, 4) is 0 Å². The van der Waals surface area contributed by atoms with Gasteiger partial charge in [0.2, 0.25) is 0 Å². The Morgan fingerprint density at radius 3 is 2.60 bits per heavy atom. The minimum absolute atomic E-state index is 0.524. The molecule has 0 saturated carbocycles. The number of alkyl halides is 1. The van der Waals surface area contributed by atoms with E-state index in [-0.39, 0.29) is 0 Å². The van der Waals surface area contributed by atoms with E-state index in [9.17, 15) is 0 Å². The van der Waals surface area contributed by atoms with E-state index in [4.69, 9.17) is 16.6 Å². The highest BCUT2D eigenvalue weighted by molar-refractivity contribution is 7.15. The number of nitrogens with zero attached hydrogens (tertiary/aromatic N) is 3. The molecule has 3 nitrogen and oxygen atoms in total. The molecule has 0 aromatic carbocycles. The fourth-order valence-corrected chi connectivity index (χ4v) is 4.32. The predicted molar refractivity (Wildman–Crippen MR) is 87.1 cm³/mol. The third kappa shape index (κ3) is 2.23. The molecule has 1 aliphatic rings. The van der Waals surface area contributed by atoms with Gasteiger partial charge in [-0.1, -0.05) is 26.7 Å². The number of piperidine rings is 1. The first-order valence-electron chi connectivity index (χ1n) is 7.48. The smallest absolute Gasteiger partial charge is 0.195 e. The zero-order chi connectivity index (χ0) is 14.2. The standard InChI is InChI=1S/C15H22ClN3S/c1-3-15(4-2)5-7-18(8-6-15)13-12(11-16)19-9-10-20-14(19)17-13/h9-10H,3-8,11H2,1-2H3. The van der Waals surface area contributed by atoms with Gasteiger partial charge in [0.15, 0.2) is 10.8 Å². The van der Waals surface area contributed by atoms with Crippen molar-refractivity contribution in [3.05, 3.63) is 17.3 Å². The Labute approximate surface area is 129 Å². The Balaban J connectivity index is 1.84. The van der Waals surface area contributed by atoms with E-state index in [1.165, 1.54) is 25.7 Å². The average molecular weight is 312 g/mol. The quantitative estimate of drug-likeness (QED) is 0.773. The van der Waals surface area contributed by atoms with Gasteiger partial charge in [0.05, 0.1) is 11.6 Å². The van der Waals surface area contributed by atoms with Gasteiger partial charge in [-0.15, -0.1) is 22.9 Å². The molecular formula is C15H22ClN3S. The van der Waals surface area contributed by atoms with Crippen LogP contribution in [-0.2, 0) is 5.88 Å². The highest BCUT2D eigenvalue weighted by Gasteiger charge is 2.32.